The molecular formula is C15H18N2O2S. The SMILES string of the molecule is COc1c(C(=O)N2CCCCC2)sc2ccc(N)cc12. The summed E-state index contributed by atoms with van der Waals surface area (Å²) in [5, 5.41) is 0.929. The largest absolute Gasteiger partial charge is 0.494 e. The zero-order chi connectivity index (χ0) is 14.1. The molecule has 2 N–H and O–H groups in total. The van der Waals surface area contributed by atoms with Gasteiger partial charge in [-0.3, -0.25) is 4.79 Å². The zero-order valence-electron chi connectivity index (χ0n) is 11.5. The summed E-state index contributed by atoms with van der Waals surface area (Å²) in [7, 11) is 1.61. The molecule has 0 aliphatic carbocycles. The van der Waals surface area contributed by atoms with Crippen molar-refractivity contribution in [3.05, 3.63) is 23.1 Å². The molecule has 0 unspecified atom stereocenters. The van der Waals surface area contributed by atoms with Gasteiger partial charge in [-0.25, -0.2) is 0 Å². The van der Waals surface area contributed by atoms with Crippen LogP contribution in [0.25, 0.3) is 10.1 Å². The lowest BCUT2D eigenvalue weighted by atomic mass is 10.1. The first kappa shape index (κ1) is 13.2. The monoisotopic (exact) mass is 290 g/mol. The number of piperidine rings is 1. The third kappa shape index (κ3) is 2.22. The number of amides is 1. The molecule has 1 aliphatic heterocycles. The molecule has 3 rings (SSSR count). The number of nitrogens with zero attached hydrogens (tertiary/aromatic N) is 1. The van der Waals surface area contributed by atoms with Crippen molar-refractivity contribution in [1.29, 1.82) is 0 Å². The van der Waals surface area contributed by atoms with Crippen LogP contribution in [0.15, 0.2) is 18.2 Å². The molecule has 0 radical (unpaired) electrons. The van der Waals surface area contributed by atoms with Crippen molar-refractivity contribution in [2.45, 2.75) is 19.3 Å². The summed E-state index contributed by atoms with van der Waals surface area (Å²) in [6, 6.07) is 5.68. The van der Waals surface area contributed by atoms with Crippen LogP contribution in [0.5, 0.6) is 5.75 Å². The molecule has 2 aromatic rings. The molecule has 106 valence electrons. The number of methoxy groups -OCH3 is 1. The van der Waals surface area contributed by atoms with Crippen molar-refractivity contribution >= 4 is 33.0 Å². The van der Waals surface area contributed by atoms with Crippen LogP contribution in [-0.2, 0) is 0 Å². The van der Waals surface area contributed by atoms with Crippen LogP contribution in [0.4, 0.5) is 5.69 Å². The number of ether oxygens (including phenoxy) is 1. The normalized spacial score (nSPS) is 15.6. The van der Waals surface area contributed by atoms with Gasteiger partial charge in [-0.15, -0.1) is 11.3 Å². The maximum Gasteiger partial charge on any atom is 0.267 e. The van der Waals surface area contributed by atoms with Gasteiger partial charge in [0.05, 0.1) is 7.11 Å². The Hall–Kier alpha value is -1.75. The molecule has 2 heterocycles. The van der Waals surface area contributed by atoms with Crippen molar-refractivity contribution in [1.82, 2.24) is 4.90 Å². The second-order valence-electron chi connectivity index (χ2n) is 5.07. The van der Waals surface area contributed by atoms with Crippen molar-refractivity contribution in [2.75, 3.05) is 25.9 Å². The Morgan fingerprint density at radius 1 is 1.30 bits per heavy atom. The fraction of sp³-hybridized carbons (Fsp3) is 0.400. The Kier molecular flexibility index (Phi) is 3.53. The zero-order valence-corrected chi connectivity index (χ0v) is 12.3. The first-order valence-electron chi connectivity index (χ1n) is 6.86. The number of hydrogen-bond acceptors (Lipinski definition) is 4. The van der Waals surface area contributed by atoms with E-state index in [1.807, 2.05) is 23.1 Å². The molecule has 4 nitrogen and oxygen atoms in total. The van der Waals surface area contributed by atoms with Gasteiger partial charge in [-0.2, -0.15) is 0 Å². The van der Waals surface area contributed by atoms with Gasteiger partial charge in [0.2, 0.25) is 0 Å². The van der Waals surface area contributed by atoms with Crippen LogP contribution in [-0.4, -0.2) is 31.0 Å². The summed E-state index contributed by atoms with van der Waals surface area (Å²) in [6.07, 6.45) is 3.39. The first-order valence-corrected chi connectivity index (χ1v) is 7.67. The number of rotatable bonds is 2. The molecular weight excluding hydrogens is 272 g/mol. The topological polar surface area (TPSA) is 55.6 Å². The van der Waals surface area contributed by atoms with E-state index in [1.165, 1.54) is 17.8 Å². The van der Waals surface area contributed by atoms with E-state index < -0.39 is 0 Å². The molecule has 1 saturated heterocycles. The second kappa shape index (κ2) is 5.32. The number of fused-ring (bicyclic) bond motifs is 1. The molecule has 1 fully saturated rings. The number of carbonyl (C=O) groups is 1. The summed E-state index contributed by atoms with van der Waals surface area (Å²) < 4.78 is 6.51. The van der Waals surface area contributed by atoms with E-state index >= 15 is 0 Å². The third-order valence-corrected chi connectivity index (χ3v) is 4.85. The molecule has 0 atom stereocenters. The lowest BCUT2D eigenvalue weighted by molar-refractivity contribution is 0.0726. The summed E-state index contributed by atoms with van der Waals surface area (Å²) >= 11 is 1.49. The van der Waals surface area contributed by atoms with Crippen molar-refractivity contribution in [2.24, 2.45) is 0 Å². The van der Waals surface area contributed by atoms with Crippen molar-refractivity contribution in [3.63, 3.8) is 0 Å². The summed E-state index contributed by atoms with van der Waals surface area (Å²) in [5.41, 5.74) is 6.52. The van der Waals surface area contributed by atoms with Crippen LogP contribution in [0.1, 0.15) is 28.9 Å². The van der Waals surface area contributed by atoms with E-state index in [0.29, 0.717) is 16.3 Å². The fourth-order valence-corrected chi connectivity index (χ4v) is 3.80. The maximum atomic E-state index is 12.7. The highest BCUT2D eigenvalue weighted by Crippen LogP contribution is 2.39. The molecule has 1 aromatic carbocycles. The van der Waals surface area contributed by atoms with Crippen LogP contribution in [0.2, 0.25) is 0 Å². The van der Waals surface area contributed by atoms with Gasteiger partial charge in [0.15, 0.2) is 0 Å². The minimum absolute atomic E-state index is 0.0846. The van der Waals surface area contributed by atoms with Gasteiger partial charge in [0.1, 0.15) is 10.6 Å². The maximum absolute atomic E-state index is 12.7. The number of anilines is 1. The minimum Gasteiger partial charge on any atom is -0.494 e. The predicted octanol–water partition coefficient (Wildman–Crippen LogP) is 3.12. The van der Waals surface area contributed by atoms with Gasteiger partial charge in [0.25, 0.3) is 5.91 Å². The number of likely N-dealkylation sites (tertiary alicyclic amines) is 1. The highest BCUT2D eigenvalue weighted by atomic mass is 32.1. The van der Waals surface area contributed by atoms with Gasteiger partial charge in [-0.05, 0) is 37.5 Å². The fourth-order valence-electron chi connectivity index (χ4n) is 2.68. The van der Waals surface area contributed by atoms with Gasteiger partial charge in [0, 0.05) is 28.9 Å². The van der Waals surface area contributed by atoms with E-state index in [1.54, 1.807) is 7.11 Å². The van der Waals surface area contributed by atoms with E-state index in [4.69, 9.17) is 10.5 Å². The number of benzene rings is 1. The Morgan fingerprint density at radius 2 is 2.05 bits per heavy atom. The molecule has 1 amide bonds. The lowest BCUT2D eigenvalue weighted by Crippen LogP contribution is -2.35. The summed E-state index contributed by atoms with van der Waals surface area (Å²) in [5.74, 6) is 0.745. The Labute approximate surface area is 122 Å². The van der Waals surface area contributed by atoms with Crippen molar-refractivity contribution in [3.8, 4) is 5.75 Å². The van der Waals surface area contributed by atoms with Gasteiger partial charge < -0.3 is 15.4 Å². The number of thiophene rings is 1. The lowest BCUT2D eigenvalue weighted by Gasteiger charge is -2.26. The second-order valence-corrected chi connectivity index (χ2v) is 6.13. The van der Waals surface area contributed by atoms with E-state index in [2.05, 4.69) is 0 Å². The molecule has 0 bridgehead atoms. The highest BCUT2D eigenvalue weighted by molar-refractivity contribution is 7.21. The van der Waals surface area contributed by atoms with Crippen LogP contribution >= 0.6 is 11.3 Å². The molecule has 5 heteroatoms. The number of hydrogen-bond donors (Lipinski definition) is 1. The first-order chi connectivity index (χ1) is 9.70. The number of nitrogen functional groups attached to an aromatic ring is 1. The Morgan fingerprint density at radius 3 is 2.75 bits per heavy atom. The quantitative estimate of drug-likeness (QED) is 0.865. The van der Waals surface area contributed by atoms with Crippen molar-refractivity contribution < 1.29 is 9.53 Å². The highest BCUT2D eigenvalue weighted by Gasteiger charge is 2.25. The molecule has 1 aliphatic rings. The average Bonchev–Trinajstić information content (AvgIpc) is 2.85. The Balaban J connectivity index is 2.03. The molecule has 20 heavy (non-hydrogen) atoms. The smallest absolute Gasteiger partial charge is 0.267 e. The molecule has 1 aromatic heterocycles. The van der Waals surface area contributed by atoms with E-state index in [0.717, 1.165) is 36.0 Å². The van der Waals surface area contributed by atoms with Crippen LogP contribution < -0.4 is 10.5 Å². The number of nitrogens with two attached hydrogens (primary N) is 1. The number of carbonyl (C=O) groups excluding carboxylic acids is 1. The third-order valence-electron chi connectivity index (χ3n) is 3.71. The Bertz CT molecular complexity index is 645. The minimum atomic E-state index is 0.0846. The van der Waals surface area contributed by atoms with Gasteiger partial charge in [-0.1, -0.05) is 0 Å². The van der Waals surface area contributed by atoms with Gasteiger partial charge >= 0.3 is 0 Å². The molecule has 0 spiro atoms. The predicted molar refractivity (Wildman–Crippen MR) is 82.5 cm³/mol. The standard InChI is InChI=1S/C15H18N2O2S/c1-19-13-11-9-10(16)5-6-12(11)20-14(13)15(18)17-7-3-2-4-8-17/h5-6,9H,2-4,7-8,16H2,1H3. The van der Waals surface area contributed by atoms with E-state index in [9.17, 15) is 4.79 Å². The summed E-state index contributed by atoms with van der Waals surface area (Å²) in [4.78, 5) is 15.3. The van der Waals surface area contributed by atoms with Crippen LogP contribution in [0.3, 0.4) is 0 Å². The molecule has 0 saturated carbocycles. The van der Waals surface area contributed by atoms with E-state index in [-0.39, 0.29) is 5.91 Å². The summed E-state index contributed by atoms with van der Waals surface area (Å²) in [6.45, 7) is 1.69. The van der Waals surface area contributed by atoms with Crippen LogP contribution in [0, 0.1) is 0 Å². The average molecular weight is 290 g/mol.